The fourth-order valence-electron chi connectivity index (χ4n) is 2.75. The molecule has 0 aliphatic carbocycles. The molecule has 1 aromatic heterocycles. The highest BCUT2D eigenvalue weighted by Gasteiger charge is 2.25. The third kappa shape index (κ3) is 4.86. The van der Waals surface area contributed by atoms with E-state index < -0.39 is 21.7 Å². The van der Waals surface area contributed by atoms with Gasteiger partial charge in [-0.1, -0.05) is 23.7 Å². The fraction of sp³-hybridized carbons (Fsp3) is 0.250. The van der Waals surface area contributed by atoms with E-state index in [0.29, 0.717) is 12.2 Å². The summed E-state index contributed by atoms with van der Waals surface area (Å²) in [6.45, 7) is 1.91. The zero-order chi connectivity index (χ0) is 22.8. The summed E-state index contributed by atoms with van der Waals surface area (Å²) in [6.07, 6.45) is 0.592. The highest BCUT2D eigenvalue weighted by molar-refractivity contribution is 7.92. The first-order chi connectivity index (χ1) is 14.6. The van der Waals surface area contributed by atoms with Gasteiger partial charge in [-0.3, -0.25) is 9.10 Å². The van der Waals surface area contributed by atoms with Crippen LogP contribution in [0.3, 0.4) is 0 Å². The van der Waals surface area contributed by atoms with E-state index in [1.807, 2.05) is 6.92 Å². The second-order valence-electron chi connectivity index (χ2n) is 6.71. The molecule has 0 unspecified atom stereocenters. The zero-order valence-corrected chi connectivity index (χ0v) is 18.6. The number of aryl methyl sites for hydroxylation is 1. The van der Waals surface area contributed by atoms with Gasteiger partial charge >= 0.3 is 0 Å². The molecule has 0 saturated carbocycles. The van der Waals surface area contributed by atoms with Crippen molar-refractivity contribution in [1.29, 1.82) is 0 Å². The van der Waals surface area contributed by atoms with Crippen molar-refractivity contribution >= 4 is 33.2 Å². The van der Waals surface area contributed by atoms with Crippen molar-refractivity contribution in [3.63, 3.8) is 0 Å². The minimum atomic E-state index is -4.02. The van der Waals surface area contributed by atoms with Gasteiger partial charge in [-0.2, -0.15) is 4.98 Å². The molecule has 3 aromatic rings. The maximum absolute atomic E-state index is 13.2. The lowest BCUT2D eigenvalue weighted by molar-refractivity contribution is 0.0769. The molecule has 1 heterocycles. The predicted molar refractivity (Wildman–Crippen MR) is 113 cm³/mol. The van der Waals surface area contributed by atoms with Crippen LogP contribution in [0.25, 0.3) is 0 Å². The molecule has 1 amide bonds. The molecule has 3 rings (SSSR count). The van der Waals surface area contributed by atoms with Gasteiger partial charge in [0, 0.05) is 20.5 Å². The fourth-order valence-corrected chi connectivity index (χ4v) is 4.18. The van der Waals surface area contributed by atoms with Crippen LogP contribution in [0.2, 0.25) is 5.02 Å². The molecule has 0 saturated heterocycles. The SMILES string of the molecule is CCc1noc(CN(C)C(=O)c2cc(S(=O)(=O)N(C)c3ccc(F)cc3)ccc2Cl)n1. The first-order valence-electron chi connectivity index (χ1n) is 9.24. The summed E-state index contributed by atoms with van der Waals surface area (Å²) in [4.78, 5) is 18.2. The molecule has 0 atom stereocenters. The largest absolute Gasteiger partial charge is 0.337 e. The average molecular weight is 467 g/mol. The van der Waals surface area contributed by atoms with Crippen LogP contribution in [0.15, 0.2) is 51.9 Å². The van der Waals surface area contributed by atoms with Gasteiger partial charge in [0.2, 0.25) is 5.89 Å². The van der Waals surface area contributed by atoms with Gasteiger partial charge < -0.3 is 9.42 Å². The van der Waals surface area contributed by atoms with Gasteiger partial charge in [0.15, 0.2) is 5.82 Å². The van der Waals surface area contributed by atoms with E-state index in [1.165, 1.54) is 49.3 Å². The molecule has 0 fully saturated rings. The number of amides is 1. The summed E-state index contributed by atoms with van der Waals surface area (Å²) in [6, 6.07) is 8.87. The molecule has 0 spiro atoms. The molecular formula is C20H20ClFN4O4S. The average Bonchev–Trinajstić information content (AvgIpc) is 3.21. The third-order valence-electron chi connectivity index (χ3n) is 4.56. The Morgan fingerprint density at radius 2 is 1.84 bits per heavy atom. The monoisotopic (exact) mass is 466 g/mol. The van der Waals surface area contributed by atoms with E-state index in [0.717, 1.165) is 16.4 Å². The van der Waals surface area contributed by atoms with Crippen molar-refractivity contribution < 1.29 is 22.1 Å². The van der Waals surface area contributed by atoms with E-state index in [9.17, 15) is 17.6 Å². The summed E-state index contributed by atoms with van der Waals surface area (Å²) < 4.78 is 45.3. The van der Waals surface area contributed by atoms with Gasteiger partial charge in [-0.05, 0) is 42.5 Å². The van der Waals surface area contributed by atoms with Crippen LogP contribution in [0.5, 0.6) is 0 Å². The molecule has 0 aliphatic rings. The molecule has 11 heteroatoms. The van der Waals surface area contributed by atoms with E-state index in [-0.39, 0.29) is 33.6 Å². The Morgan fingerprint density at radius 1 is 1.16 bits per heavy atom. The molecule has 8 nitrogen and oxygen atoms in total. The summed E-state index contributed by atoms with van der Waals surface area (Å²) in [7, 11) is -1.17. The Labute approximate surface area is 184 Å². The van der Waals surface area contributed by atoms with Gasteiger partial charge in [0.25, 0.3) is 15.9 Å². The minimum absolute atomic E-state index is 0.00739. The van der Waals surface area contributed by atoms with E-state index in [4.69, 9.17) is 16.1 Å². The lowest BCUT2D eigenvalue weighted by Crippen LogP contribution is -2.29. The molecule has 2 aromatic carbocycles. The second-order valence-corrected chi connectivity index (χ2v) is 9.09. The molecule has 0 bridgehead atoms. The van der Waals surface area contributed by atoms with Crippen LogP contribution in [0, 0.1) is 5.82 Å². The maximum atomic E-state index is 13.2. The Bertz CT molecular complexity index is 1200. The zero-order valence-electron chi connectivity index (χ0n) is 17.0. The van der Waals surface area contributed by atoms with Crippen molar-refractivity contribution in [2.45, 2.75) is 24.8 Å². The summed E-state index contributed by atoms with van der Waals surface area (Å²) >= 11 is 6.18. The number of nitrogens with zero attached hydrogens (tertiary/aromatic N) is 4. The van der Waals surface area contributed by atoms with Crippen LogP contribution >= 0.6 is 11.6 Å². The van der Waals surface area contributed by atoms with Crippen LogP contribution in [-0.4, -0.2) is 43.5 Å². The highest BCUT2D eigenvalue weighted by atomic mass is 35.5. The smallest absolute Gasteiger partial charge is 0.264 e. The number of rotatable bonds is 7. The maximum Gasteiger partial charge on any atom is 0.264 e. The normalized spacial score (nSPS) is 11.4. The van der Waals surface area contributed by atoms with Crippen LogP contribution in [0.4, 0.5) is 10.1 Å². The number of benzene rings is 2. The number of carbonyl (C=O) groups excluding carboxylic acids is 1. The first kappa shape index (κ1) is 22.7. The second kappa shape index (κ2) is 9.03. The predicted octanol–water partition coefficient (Wildman–Crippen LogP) is 3.52. The minimum Gasteiger partial charge on any atom is -0.337 e. The van der Waals surface area contributed by atoms with Crippen molar-refractivity contribution in [2.24, 2.45) is 0 Å². The van der Waals surface area contributed by atoms with Crippen molar-refractivity contribution in [2.75, 3.05) is 18.4 Å². The number of halogens is 2. The van der Waals surface area contributed by atoms with Crippen molar-refractivity contribution in [3.8, 4) is 0 Å². The highest BCUT2D eigenvalue weighted by Crippen LogP contribution is 2.27. The van der Waals surface area contributed by atoms with Crippen molar-refractivity contribution in [3.05, 3.63) is 70.6 Å². The Morgan fingerprint density at radius 3 is 2.45 bits per heavy atom. The quantitative estimate of drug-likeness (QED) is 0.528. The summed E-state index contributed by atoms with van der Waals surface area (Å²) in [5.74, 6) is -0.221. The number of anilines is 1. The van der Waals surface area contributed by atoms with Gasteiger partial charge in [0.1, 0.15) is 5.82 Å². The summed E-state index contributed by atoms with van der Waals surface area (Å²) in [5.41, 5.74) is 0.275. The number of aromatic nitrogens is 2. The number of hydrogen-bond acceptors (Lipinski definition) is 6. The molecule has 0 radical (unpaired) electrons. The standard InChI is InChI=1S/C20H20ClFN4O4S/c1-4-18-23-19(30-24-18)12-25(2)20(27)16-11-15(9-10-17(16)21)31(28,29)26(3)14-7-5-13(22)6-8-14/h5-11H,4,12H2,1-3H3. The lowest BCUT2D eigenvalue weighted by Gasteiger charge is -2.21. The Kier molecular flexibility index (Phi) is 6.61. The van der Waals surface area contributed by atoms with Crippen LogP contribution in [-0.2, 0) is 23.0 Å². The number of sulfonamides is 1. The number of hydrogen-bond donors (Lipinski definition) is 0. The van der Waals surface area contributed by atoms with E-state index in [1.54, 1.807) is 0 Å². The van der Waals surface area contributed by atoms with Crippen LogP contribution < -0.4 is 4.31 Å². The van der Waals surface area contributed by atoms with Gasteiger partial charge in [-0.15, -0.1) is 0 Å². The first-order valence-corrected chi connectivity index (χ1v) is 11.1. The van der Waals surface area contributed by atoms with Crippen molar-refractivity contribution in [1.82, 2.24) is 15.0 Å². The Hall–Kier alpha value is -2.98. The van der Waals surface area contributed by atoms with Gasteiger partial charge in [-0.25, -0.2) is 12.8 Å². The molecule has 0 N–H and O–H groups in total. The molecule has 0 aliphatic heterocycles. The Balaban J connectivity index is 1.87. The van der Waals surface area contributed by atoms with Gasteiger partial charge in [0.05, 0.1) is 27.7 Å². The molecular weight excluding hydrogens is 447 g/mol. The van der Waals surface area contributed by atoms with E-state index in [2.05, 4.69) is 10.1 Å². The molecule has 31 heavy (non-hydrogen) atoms. The molecule has 164 valence electrons. The topological polar surface area (TPSA) is 96.6 Å². The third-order valence-corrected chi connectivity index (χ3v) is 6.67. The van der Waals surface area contributed by atoms with E-state index >= 15 is 0 Å². The van der Waals surface area contributed by atoms with Crippen LogP contribution in [0.1, 0.15) is 29.0 Å². The lowest BCUT2D eigenvalue weighted by atomic mass is 10.2. The number of carbonyl (C=O) groups is 1. The summed E-state index contributed by atoms with van der Waals surface area (Å²) in [5, 5.41) is 3.88.